The van der Waals surface area contributed by atoms with Gasteiger partial charge in [-0.1, -0.05) is 12.1 Å². The third kappa shape index (κ3) is 1.75. The third-order valence-electron chi connectivity index (χ3n) is 3.73. The maximum Gasteiger partial charge on any atom is 0.257 e. The molecule has 2 aromatic rings. The minimum absolute atomic E-state index is 0.0582. The van der Waals surface area contributed by atoms with Gasteiger partial charge in [0.2, 0.25) is 0 Å². The topological polar surface area (TPSA) is 32.3 Å². The van der Waals surface area contributed by atoms with Crippen molar-refractivity contribution in [3.63, 3.8) is 0 Å². The highest BCUT2D eigenvalue weighted by molar-refractivity contribution is 7.12. The number of carbonyl (C=O) groups excluding carboxylic acids is 1. The zero-order chi connectivity index (χ0) is 13.6. The van der Waals surface area contributed by atoms with E-state index in [1.165, 1.54) is 4.88 Å². The molecular formula is C15H16N2OS. The third-order valence-corrected chi connectivity index (χ3v) is 4.94. The van der Waals surface area contributed by atoms with Gasteiger partial charge in [0.15, 0.2) is 0 Å². The van der Waals surface area contributed by atoms with Gasteiger partial charge in [0.1, 0.15) is 5.66 Å². The molecule has 0 fully saturated rings. The monoisotopic (exact) mass is 272 g/mol. The minimum Gasteiger partial charge on any atom is -0.358 e. The Hall–Kier alpha value is -1.81. The highest BCUT2D eigenvalue weighted by Crippen LogP contribution is 2.39. The van der Waals surface area contributed by atoms with Crippen molar-refractivity contribution in [2.24, 2.45) is 0 Å². The van der Waals surface area contributed by atoms with Gasteiger partial charge >= 0.3 is 0 Å². The van der Waals surface area contributed by atoms with Gasteiger partial charge in [-0.25, -0.2) is 0 Å². The van der Waals surface area contributed by atoms with E-state index in [1.54, 1.807) is 16.2 Å². The molecule has 3 rings (SSSR count). The van der Waals surface area contributed by atoms with Crippen LogP contribution < -0.4 is 5.32 Å². The van der Waals surface area contributed by atoms with Gasteiger partial charge in [-0.2, -0.15) is 0 Å². The quantitative estimate of drug-likeness (QED) is 0.862. The second kappa shape index (κ2) is 4.10. The van der Waals surface area contributed by atoms with Crippen molar-refractivity contribution >= 4 is 22.9 Å². The number of hydrogen-bond acceptors (Lipinski definition) is 3. The number of hydrogen-bond donors (Lipinski definition) is 1. The molecule has 0 saturated carbocycles. The maximum absolute atomic E-state index is 12.5. The first-order valence-electron chi connectivity index (χ1n) is 6.24. The van der Waals surface area contributed by atoms with Crippen LogP contribution in [0.3, 0.4) is 0 Å². The molecule has 0 spiro atoms. The average Bonchev–Trinajstić information content (AvgIpc) is 2.84. The molecule has 1 aromatic heterocycles. The Labute approximate surface area is 116 Å². The van der Waals surface area contributed by atoms with E-state index in [2.05, 4.69) is 24.4 Å². The van der Waals surface area contributed by atoms with E-state index in [4.69, 9.17) is 0 Å². The summed E-state index contributed by atoms with van der Waals surface area (Å²) >= 11 is 1.72. The maximum atomic E-state index is 12.5. The molecule has 0 aliphatic carbocycles. The number of para-hydroxylation sites is 1. The van der Waals surface area contributed by atoms with E-state index in [9.17, 15) is 4.79 Å². The normalized spacial score (nSPS) is 22.1. The number of carbonyl (C=O) groups is 1. The number of nitrogens with one attached hydrogen (secondary N) is 1. The van der Waals surface area contributed by atoms with Crippen LogP contribution >= 0.6 is 11.3 Å². The van der Waals surface area contributed by atoms with Gasteiger partial charge in [-0.3, -0.25) is 4.79 Å². The van der Waals surface area contributed by atoms with Gasteiger partial charge in [0.25, 0.3) is 5.91 Å². The Balaban J connectivity index is 2.12. The van der Waals surface area contributed by atoms with Gasteiger partial charge in [0.05, 0.1) is 10.4 Å². The summed E-state index contributed by atoms with van der Waals surface area (Å²) in [4.78, 5) is 16.7. The van der Waals surface area contributed by atoms with E-state index in [1.807, 2.05) is 38.2 Å². The van der Waals surface area contributed by atoms with Crippen LogP contribution in [0.5, 0.6) is 0 Å². The van der Waals surface area contributed by atoms with E-state index >= 15 is 0 Å². The summed E-state index contributed by atoms with van der Waals surface area (Å²) in [5, 5.41) is 3.50. The van der Waals surface area contributed by atoms with E-state index < -0.39 is 5.66 Å². The Bertz CT molecular complexity index is 649. The molecule has 1 aliphatic heterocycles. The summed E-state index contributed by atoms with van der Waals surface area (Å²) in [6, 6.07) is 11.8. The molecular weight excluding hydrogens is 256 g/mol. The molecule has 1 aliphatic rings. The number of fused-ring (bicyclic) bond motifs is 1. The van der Waals surface area contributed by atoms with Crippen molar-refractivity contribution in [3.05, 3.63) is 51.7 Å². The van der Waals surface area contributed by atoms with Crippen LogP contribution in [0.15, 0.2) is 36.4 Å². The summed E-state index contributed by atoms with van der Waals surface area (Å²) in [6.45, 7) is 4.13. The first-order valence-corrected chi connectivity index (χ1v) is 7.06. The fourth-order valence-corrected chi connectivity index (χ4v) is 3.44. The predicted molar refractivity (Wildman–Crippen MR) is 78.6 cm³/mol. The second-order valence-corrected chi connectivity index (χ2v) is 6.31. The summed E-state index contributed by atoms with van der Waals surface area (Å²) in [7, 11) is 1.85. The molecule has 3 nitrogen and oxygen atoms in total. The lowest BCUT2D eigenvalue weighted by Gasteiger charge is -2.43. The molecule has 2 heterocycles. The van der Waals surface area contributed by atoms with Crippen molar-refractivity contribution in [1.29, 1.82) is 0 Å². The lowest BCUT2D eigenvalue weighted by atomic mass is 10.00. The Morgan fingerprint density at radius 1 is 1.21 bits per heavy atom. The molecule has 19 heavy (non-hydrogen) atoms. The second-order valence-electron chi connectivity index (χ2n) is 5.02. The Morgan fingerprint density at radius 3 is 2.63 bits per heavy atom. The van der Waals surface area contributed by atoms with E-state index in [0.717, 1.165) is 16.1 Å². The van der Waals surface area contributed by atoms with Crippen LogP contribution in [0.2, 0.25) is 0 Å². The fraction of sp³-hybridized carbons (Fsp3) is 0.267. The lowest BCUT2D eigenvalue weighted by Crippen LogP contribution is -2.53. The largest absolute Gasteiger partial charge is 0.358 e. The number of anilines is 1. The molecule has 1 N–H and O–H groups in total. The van der Waals surface area contributed by atoms with Crippen LogP contribution in [0, 0.1) is 6.92 Å². The van der Waals surface area contributed by atoms with E-state index in [-0.39, 0.29) is 5.91 Å². The Morgan fingerprint density at radius 2 is 1.95 bits per heavy atom. The molecule has 1 aromatic carbocycles. The van der Waals surface area contributed by atoms with Crippen molar-refractivity contribution < 1.29 is 4.79 Å². The fourth-order valence-electron chi connectivity index (χ4n) is 2.43. The number of nitrogens with zero attached hydrogens (tertiary/aromatic N) is 1. The SMILES string of the molecule is Cc1ccc(C2(C)Nc3ccccc3C(=O)N2C)s1. The van der Waals surface area contributed by atoms with Crippen LogP contribution in [-0.2, 0) is 5.66 Å². The standard InChI is InChI=1S/C15H16N2OS/c1-10-8-9-13(19-10)15(2)16-12-7-5-4-6-11(12)14(18)17(15)3/h4-9,16H,1-3H3. The van der Waals surface area contributed by atoms with Gasteiger partial charge in [-0.15, -0.1) is 11.3 Å². The lowest BCUT2D eigenvalue weighted by molar-refractivity contribution is 0.0621. The van der Waals surface area contributed by atoms with Crippen molar-refractivity contribution in [2.45, 2.75) is 19.5 Å². The number of aryl methyl sites for hydroxylation is 1. The molecule has 1 atom stereocenters. The van der Waals surface area contributed by atoms with Gasteiger partial charge in [-0.05, 0) is 38.1 Å². The average molecular weight is 272 g/mol. The number of benzene rings is 1. The highest BCUT2D eigenvalue weighted by atomic mass is 32.1. The van der Waals surface area contributed by atoms with Crippen LogP contribution in [0.1, 0.15) is 27.0 Å². The smallest absolute Gasteiger partial charge is 0.257 e. The van der Waals surface area contributed by atoms with Crippen molar-refractivity contribution in [3.8, 4) is 0 Å². The number of thiophene rings is 1. The molecule has 4 heteroatoms. The van der Waals surface area contributed by atoms with Crippen molar-refractivity contribution in [2.75, 3.05) is 12.4 Å². The van der Waals surface area contributed by atoms with Gasteiger partial charge < -0.3 is 10.2 Å². The van der Waals surface area contributed by atoms with Gasteiger partial charge in [0, 0.05) is 17.6 Å². The zero-order valence-corrected chi connectivity index (χ0v) is 12.0. The molecule has 98 valence electrons. The number of amides is 1. The minimum atomic E-state index is -0.482. The zero-order valence-electron chi connectivity index (χ0n) is 11.2. The Kier molecular flexibility index (Phi) is 2.64. The summed E-state index contributed by atoms with van der Waals surface area (Å²) in [5.41, 5.74) is 1.15. The van der Waals surface area contributed by atoms with Crippen LogP contribution in [-0.4, -0.2) is 17.9 Å². The summed E-state index contributed by atoms with van der Waals surface area (Å²) in [5.74, 6) is 0.0582. The summed E-state index contributed by atoms with van der Waals surface area (Å²) in [6.07, 6.45) is 0. The first kappa shape index (κ1) is 12.2. The number of rotatable bonds is 1. The van der Waals surface area contributed by atoms with Crippen LogP contribution in [0.4, 0.5) is 5.69 Å². The molecule has 0 radical (unpaired) electrons. The van der Waals surface area contributed by atoms with E-state index in [0.29, 0.717) is 0 Å². The highest BCUT2D eigenvalue weighted by Gasteiger charge is 2.40. The predicted octanol–water partition coefficient (Wildman–Crippen LogP) is 3.43. The molecule has 1 unspecified atom stereocenters. The first-order chi connectivity index (χ1) is 9.02. The summed E-state index contributed by atoms with van der Waals surface area (Å²) < 4.78 is 0. The molecule has 0 saturated heterocycles. The molecule has 0 bridgehead atoms. The van der Waals surface area contributed by atoms with Crippen LogP contribution in [0.25, 0.3) is 0 Å². The molecule has 1 amide bonds. The van der Waals surface area contributed by atoms with Crippen molar-refractivity contribution in [1.82, 2.24) is 4.90 Å².